The van der Waals surface area contributed by atoms with E-state index in [1.807, 2.05) is 0 Å². The Morgan fingerprint density at radius 2 is 1.38 bits per heavy atom. The molecule has 7 nitrogen and oxygen atoms in total. The molecule has 0 bridgehead atoms. The van der Waals surface area contributed by atoms with Gasteiger partial charge in [0.25, 0.3) is 0 Å². The second-order valence-corrected chi connectivity index (χ2v) is 4.20. The van der Waals surface area contributed by atoms with Gasteiger partial charge in [-0.25, -0.2) is 9.59 Å². The van der Waals surface area contributed by atoms with Crippen molar-refractivity contribution < 1.29 is 35.1 Å². The number of phenolic OH excluding ortho intramolecular Hbond substituents is 3. The topological polar surface area (TPSA) is 135 Å². The first-order valence-electron chi connectivity index (χ1n) is 5.67. The highest BCUT2D eigenvalue weighted by Gasteiger charge is 2.23. The Kier molecular flexibility index (Phi) is 3.41. The minimum absolute atomic E-state index is 0.215. The third-order valence-corrected chi connectivity index (χ3v) is 2.89. The fraction of sp³-hybridized carbons (Fsp3) is 0. The second-order valence-electron chi connectivity index (χ2n) is 4.20. The van der Waals surface area contributed by atoms with Gasteiger partial charge in [-0.05, 0) is 30.3 Å². The molecule has 0 saturated carbocycles. The van der Waals surface area contributed by atoms with E-state index in [2.05, 4.69) is 0 Å². The van der Waals surface area contributed by atoms with E-state index in [1.54, 1.807) is 0 Å². The van der Waals surface area contributed by atoms with Crippen molar-refractivity contribution in [3.8, 4) is 28.4 Å². The van der Waals surface area contributed by atoms with E-state index in [1.165, 1.54) is 0 Å². The van der Waals surface area contributed by atoms with E-state index in [9.17, 15) is 24.9 Å². The average Bonchev–Trinajstić information content (AvgIpc) is 2.40. The number of benzene rings is 2. The van der Waals surface area contributed by atoms with Crippen LogP contribution in [0.5, 0.6) is 17.2 Å². The zero-order valence-corrected chi connectivity index (χ0v) is 10.4. The number of hydrogen-bond donors (Lipinski definition) is 5. The molecule has 0 fully saturated rings. The van der Waals surface area contributed by atoms with Gasteiger partial charge in [0, 0.05) is 11.1 Å². The number of carboxylic acid groups (broad SMARTS) is 2. The van der Waals surface area contributed by atoms with E-state index < -0.39 is 29.0 Å². The number of phenols is 3. The van der Waals surface area contributed by atoms with Crippen molar-refractivity contribution in [3.63, 3.8) is 0 Å². The van der Waals surface area contributed by atoms with Crippen LogP contribution in [0.4, 0.5) is 0 Å². The molecule has 2 rings (SSSR count). The molecule has 0 amide bonds. The molecule has 0 aliphatic heterocycles. The first-order chi connectivity index (χ1) is 9.82. The molecule has 2 aromatic carbocycles. The summed E-state index contributed by atoms with van der Waals surface area (Å²) in [6.45, 7) is 0. The number of hydrogen-bond acceptors (Lipinski definition) is 5. The fourth-order valence-electron chi connectivity index (χ4n) is 1.96. The van der Waals surface area contributed by atoms with Crippen molar-refractivity contribution in [1.82, 2.24) is 0 Å². The summed E-state index contributed by atoms with van der Waals surface area (Å²) in [7, 11) is 0. The molecule has 0 atom stereocenters. The zero-order chi connectivity index (χ0) is 15.7. The van der Waals surface area contributed by atoms with Crippen LogP contribution in [0.3, 0.4) is 0 Å². The smallest absolute Gasteiger partial charge is 0.336 e. The minimum Gasteiger partial charge on any atom is -0.508 e. The van der Waals surface area contributed by atoms with Crippen molar-refractivity contribution in [3.05, 3.63) is 41.5 Å². The van der Waals surface area contributed by atoms with Crippen molar-refractivity contribution in [2.24, 2.45) is 0 Å². The fourth-order valence-corrected chi connectivity index (χ4v) is 1.96. The van der Waals surface area contributed by atoms with Crippen LogP contribution < -0.4 is 0 Å². The van der Waals surface area contributed by atoms with Crippen molar-refractivity contribution in [2.75, 3.05) is 0 Å². The summed E-state index contributed by atoms with van der Waals surface area (Å²) in [4.78, 5) is 22.4. The molecule has 2 aromatic rings. The van der Waals surface area contributed by atoms with Gasteiger partial charge in [0.2, 0.25) is 0 Å². The largest absolute Gasteiger partial charge is 0.508 e. The molecule has 0 heterocycles. The Labute approximate surface area is 118 Å². The number of aromatic carboxylic acids is 2. The van der Waals surface area contributed by atoms with Gasteiger partial charge in [0.15, 0.2) is 11.5 Å². The molecular formula is C14H10O7. The van der Waals surface area contributed by atoms with E-state index >= 15 is 0 Å². The summed E-state index contributed by atoms with van der Waals surface area (Å²) < 4.78 is 0. The molecule has 0 radical (unpaired) electrons. The summed E-state index contributed by atoms with van der Waals surface area (Å²) in [6.07, 6.45) is 0. The molecule has 108 valence electrons. The Bertz CT molecular complexity index is 749. The van der Waals surface area contributed by atoms with Gasteiger partial charge in [-0.3, -0.25) is 0 Å². The van der Waals surface area contributed by atoms with Crippen molar-refractivity contribution in [1.29, 1.82) is 0 Å². The minimum atomic E-state index is -1.42. The lowest BCUT2D eigenvalue weighted by molar-refractivity contribution is 0.0684. The first kappa shape index (κ1) is 14.2. The molecular weight excluding hydrogens is 280 g/mol. The van der Waals surface area contributed by atoms with Gasteiger partial charge in [-0.15, -0.1) is 0 Å². The van der Waals surface area contributed by atoms with Gasteiger partial charge in [-0.2, -0.15) is 0 Å². The number of rotatable bonds is 3. The Hall–Kier alpha value is -3.22. The summed E-state index contributed by atoms with van der Waals surface area (Å²) in [5, 5.41) is 47.2. The van der Waals surface area contributed by atoms with Crippen LogP contribution in [0.15, 0.2) is 30.3 Å². The second kappa shape index (κ2) is 5.04. The lowest BCUT2D eigenvalue weighted by Gasteiger charge is -2.13. The first-order valence-corrected chi connectivity index (χ1v) is 5.67. The maximum Gasteiger partial charge on any atom is 0.336 e. The molecule has 0 spiro atoms. The summed E-state index contributed by atoms with van der Waals surface area (Å²) in [5.41, 5.74) is -1.32. The monoisotopic (exact) mass is 290 g/mol. The maximum atomic E-state index is 11.2. The van der Waals surface area contributed by atoms with Gasteiger partial charge in [-0.1, -0.05) is 0 Å². The molecule has 5 N–H and O–H groups in total. The Morgan fingerprint density at radius 1 is 0.810 bits per heavy atom. The van der Waals surface area contributed by atoms with E-state index in [4.69, 9.17) is 10.2 Å². The van der Waals surface area contributed by atoms with Crippen LogP contribution in [0, 0.1) is 0 Å². The van der Waals surface area contributed by atoms with Crippen LogP contribution in [-0.4, -0.2) is 37.5 Å². The van der Waals surface area contributed by atoms with Gasteiger partial charge in [0.05, 0.1) is 11.1 Å². The molecule has 0 aromatic heterocycles. The Morgan fingerprint density at radius 3 is 1.95 bits per heavy atom. The quantitative estimate of drug-likeness (QED) is 0.544. The predicted octanol–water partition coefficient (Wildman–Crippen LogP) is 1.87. The molecule has 0 unspecified atom stereocenters. The lowest BCUT2D eigenvalue weighted by Crippen LogP contribution is -2.04. The molecule has 0 saturated heterocycles. The molecule has 7 heteroatoms. The third kappa shape index (κ3) is 2.44. The van der Waals surface area contributed by atoms with Gasteiger partial charge < -0.3 is 25.5 Å². The van der Waals surface area contributed by atoms with Gasteiger partial charge in [0.1, 0.15) is 5.75 Å². The molecule has 0 aliphatic rings. The summed E-state index contributed by atoms with van der Waals surface area (Å²) >= 11 is 0. The molecule has 21 heavy (non-hydrogen) atoms. The standard InChI is InChI=1S/C14H10O7/c15-6-1-2-7(13(18)19)9(5-6)11-8(14(20)21)3-4-10(16)12(11)17/h1-5,15-17H,(H,18,19)(H,20,21). The van der Waals surface area contributed by atoms with E-state index in [0.29, 0.717) is 0 Å². The van der Waals surface area contributed by atoms with Crippen LogP contribution in [0.1, 0.15) is 20.7 Å². The maximum absolute atomic E-state index is 11.2. The molecule has 0 aliphatic carbocycles. The highest BCUT2D eigenvalue weighted by atomic mass is 16.4. The van der Waals surface area contributed by atoms with E-state index in [-0.39, 0.29) is 22.4 Å². The lowest BCUT2D eigenvalue weighted by atomic mass is 9.93. The number of carbonyl (C=O) groups is 2. The third-order valence-electron chi connectivity index (χ3n) is 2.89. The number of aromatic hydroxyl groups is 3. The van der Waals surface area contributed by atoms with Crippen molar-refractivity contribution >= 4 is 11.9 Å². The Balaban J connectivity index is 2.90. The highest BCUT2D eigenvalue weighted by Crippen LogP contribution is 2.41. The SMILES string of the molecule is O=C(O)c1ccc(O)cc1-c1c(C(=O)O)ccc(O)c1O. The zero-order valence-electron chi connectivity index (χ0n) is 10.4. The van der Waals surface area contributed by atoms with Crippen LogP contribution >= 0.6 is 0 Å². The normalized spacial score (nSPS) is 10.3. The highest BCUT2D eigenvalue weighted by molar-refractivity contribution is 6.04. The summed E-state index contributed by atoms with van der Waals surface area (Å²) in [5.74, 6) is -4.48. The predicted molar refractivity (Wildman–Crippen MR) is 70.8 cm³/mol. The van der Waals surface area contributed by atoms with Crippen LogP contribution in [0.25, 0.3) is 11.1 Å². The van der Waals surface area contributed by atoms with Crippen LogP contribution in [0.2, 0.25) is 0 Å². The van der Waals surface area contributed by atoms with Crippen molar-refractivity contribution in [2.45, 2.75) is 0 Å². The van der Waals surface area contributed by atoms with Crippen LogP contribution in [-0.2, 0) is 0 Å². The average molecular weight is 290 g/mol. The van der Waals surface area contributed by atoms with Gasteiger partial charge >= 0.3 is 11.9 Å². The number of carboxylic acids is 2. The van der Waals surface area contributed by atoms with E-state index in [0.717, 1.165) is 30.3 Å². The summed E-state index contributed by atoms with van der Waals surface area (Å²) in [6, 6.07) is 5.20.